The average Bonchev–Trinajstić information content (AvgIpc) is 2.42. The second-order valence-corrected chi connectivity index (χ2v) is 5.77. The van der Waals surface area contributed by atoms with Crippen molar-refractivity contribution in [3.05, 3.63) is 29.3 Å². The smallest absolute Gasteiger partial charge is 0.230 e. The molecule has 6 heteroatoms. The molecule has 1 aromatic rings. The van der Waals surface area contributed by atoms with Gasteiger partial charge in [-0.15, -0.1) is 0 Å². The molecule has 1 aromatic carbocycles. The van der Waals surface area contributed by atoms with Crippen LogP contribution in [0.3, 0.4) is 0 Å². The van der Waals surface area contributed by atoms with Crippen molar-refractivity contribution in [2.24, 2.45) is 4.99 Å². The van der Waals surface area contributed by atoms with Gasteiger partial charge in [0.15, 0.2) is 11.4 Å². The van der Waals surface area contributed by atoms with E-state index >= 15 is 0 Å². The lowest BCUT2D eigenvalue weighted by Crippen LogP contribution is -2.44. The minimum absolute atomic E-state index is 0.00778. The molecule has 0 saturated heterocycles. The minimum atomic E-state index is -0.635. The predicted molar refractivity (Wildman–Crippen MR) is 80.7 cm³/mol. The Morgan fingerprint density at radius 1 is 1.55 bits per heavy atom. The molecule has 1 amide bonds. The number of thioether (sulfide) groups is 1. The number of carbonyl (C=O) groups is 1. The Labute approximate surface area is 122 Å². The molecule has 0 unspecified atom stereocenters. The van der Waals surface area contributed by atoms with E-state index in [0.29, 0.717) is 11.7 Å². The molecule has 1 aliphatic rings. The van der Waals surface area contributed by atoms with Gasteiger partial charge >= 0.3 is 0 Å². The predicted octanol–water partition coefficient (Wildman–Crippen LogP) is 2.02. The van der Waals surface area contributed by atoms with Crippen molar-refractivity contribution in [3.8, 4) is 6.19 Å². The number of hydrogen-bond acceptors (Lipinski definition) is 4. The van der Waals surface area contributed by atoms with E-state index in [1.165, 1.54) is 11.8 Å². The fourth-order valence-electron chi connectivity index (χ4n) is 2.34. The van der Waals surface area contributed by atoms with Crippen LogP contribution in [0.2, 0.25) is 0 Å². The molecule has 0 spiro atoms. The zero-order chi connectivity index (χ0) is 14.8. The molecule has 0 atom stereocenters. The van der Waals surface area contributed by atoms with Crippen molar-refractivity contribution >= 4 is 28.5 Å². The van der Waals surface area contributed by atoms with E-state index in [2.05, 4.69) is 15.6 Å². The summed E-state index contributed by atoms with van der Waals surface area (Å²) >= 11 is 1.36. The van der Waals surface area contributed by atoms with Gasteiger partial charge in [-0.3, -0.25) is 10.1 Å². The molecule has 5 nitrogen and oxygen atoms in total. The SMILES string of the molecule is CSC(=Nc1cccc2c1C(C)(C)C(=O)NC2)NC#N. The quantitative estimate of drug-likeness (QED) is 0.359. The van der Waals surface area contributed by atoms with Gasteiger partial charge in [0, 0.05) is 6.54 Å². The van der Waals surface area contributed by atoms with E-state index < -0.39 is 5.41 Å². The van der Waals surface area contributed by atoms with Crippen LogP contribution in [0.15, 0.2) is 23.2 Å². The fraction of sp³-hybridized carbons (Fsp3) is 0.357. The molecule has 2 rings (SSSR count). The van der Waals surface area contributed by atoms with E-state index in [1.54, 1.807) is 0 Å². The van der Waals surface area contributed by atoms with E-state index in [1.807, 2.05) is 44.5 Å². The maximum Gasteiger partial charge on any atom is 0.230 e. The van der Waals surface area contributed by atoms with Crippen LogP contribution in [-0.4, -0.2) is 17.3 Å². The maximum atomic E-state index is 12.1. The number of nitrogens with one attached hydrogen (secondary N) is 2. The van der Waals surface area contributed by atoms with Crippen molar-refractivity contribution in [1.82, 2.24) is 10.6 Å². The summed E-state index contributed by atoms with van der Waals surface area (Å²) < 4.78 is 0. The Balaban J connectivity index is 2.58. The summed E-state index contributed by atoms with van der Waals surface area (Å²) in [6.07, 6.45) is 3.71. The topological polar surface area (TPSA) is 77.3 Å². The zero-order valence-corrected chi connectivity index (χ0v) is 12.5. The second kappa shape index (κ2) is 5.55. The van der Waals surface area contributed by atoms with Crippen molar-refractivity contribution in [1.29, 1.82) is 5.26 Å². The molecule has 0 fully saturated rings. The molecule has 0 aromatic heterocycles. The number of fused-ring (bicyclic) bond motifs is 1. The summed E-state index contributed by atoms with van der Waals surface area (Å²) in [5.41, 5.74) is 2.09. The van der Waals surface area contributed by atoms with E-state index in [9.17, 15) is 4.79 Å². The van der Waals surface area contributed by atoms with Crippen molar-refractivity contribution in [2.45, 2.75) is 25.8 Å². The Hall–Kier alpha value is -2.00. The number of carbonyl (C=O) groups excluding carboxylic acids is 1. The first-order chi connectivity index (χ1) is 9.50. The Bertz CT molecular complexity index is 616. The van der Waals surface area contributed by atoms with Gasteiger partial charge in [-0.1, -0.05) is 23.9 Å². The molecule has 20 heavy (non-hydrogen) atoms. The highest BCUT2D eigenvalue weighted by atomic mass is 32.2. The minimum Gasteiger partial charge on any atom is -0.351 e. The first-order valence-electron chi connectivity index (χ1n) is 6.19. The van der Waals surface area contributed by atoms with E-state index in [-0.39, 0.29) is 5.91 Å². The Morgan fingerprint density at radius 2 is 2.30 bits per heavy atom. The van der Waals surface area contributed by atoms with Crippen molar-refractivity contribution in [2.75, 3.05) is 6.26 Å². The summed E-state index contributed by atoms with van der Waals surface area (Å²) in [5, 5.41) is 14.7. The highest BCUT2D eigenvalue weighted by molar-refractivity contribution is 8.13. The van der Waals surface area contributed by atoms with Gasteiger partial charge in [-0.25, -0.2) is 4.99 Å². The zero-order valence-electron chi connectivity index (χ0n) is 11.7. The molecule has 0 saturated carbocycles. The molecular formula is C14H16N4OS. The van der Waals surface area contributed by atoms with Gasteiger partial charge in [0.1, 0.15) is 0 Å². The first-order valence-corrected chi connectivity index (χ1v) is 7.41. The molecule has 0 bridgehead atoms. The van der Waals surface area contributed by atoms with Crippen LogP contribution in [0, 0.1) is 11.5 Å². The van der Waals surface area contributed by atoms with E-state index in [0.717, 1.165) is 16.8 Å². The molecule has 0 radical (unpaired) electrons. The summed E-state index contributed by atoms with van der Waals surface area (Å²) in [6.45, 7) is 4.28. The first kappa shape index (κ1) is 14.4. The molecule has 1 heterocycles. The molecule has 1 aliphatic heterocycles. The maximum absolute atomic E-state index is 12.1. The monoisotopic (exact) mass is 288 g/mol. The lowest BCUT2D eigenvalue weighted by molar-refractivity contribution is -0.126. The summed E-state index contributed by atoms with van der Waals surface area (Å²) in [6, 6.07) is 5.77. The number of hydrogen-bond donors (Lipinski definition) is 2. The van der Waals surface area contributed by atoms with Gasteiger partial charge in [0.25, 0.3) is 0 Å². The lowest BCUT2D eigenvalue weighted by atomic mass is 9.77. The summed E-state index contributed by atoms with van der Waals surface area (Å²) in [4.78, 5) is 16.6. The second-order valence-electron chi connectivity index (χ2n) is 4.98. The third-order valence-corrected chi connectivity index (χ3v) is 3.92. The van der Waals surface area contributed by atoms with Crippen LogP contribution in [0.1, 0.15) is 25.0 Å². The van der Waals surface area contributed by atoms with Gasteiger partial charge in [-0.2, -0.15) is 5.26 Å². The van der Waals surface area contributed by atoms with Gasteiger partial charge in [0.05, 0.1) is 11.1 Å². The lowest BCUT2D eigenvalue weighted by Gasteiger charge is -2.32. The van der Waals surface area contributed by atoms with Crippen LogP contribution >= 0.6 is 11.8 Å². The highest BCUT2D eigenvalue weighted by Crippen LogP contribution is 2.37. The van der Waals surface area contributed by atoms with Crippen LogP contribution in [0.25, 0.3) is 0 Å². The van der Waals surface area contributed by atoms with Gasteiger partial charge < -0.3 is 5.32 Å². The standard InChI is InChI=1S/C14H16N4OS/c1-14(2)11-9(7-16-12(14)19)5-4-6-10(11)18-13(20-3)17-8-15/h4-6H,7H2,1-3H3,(H,16,19)(H,17,18). The van der Waals surface area contributed by atoms with Crippen LogP contribution in [0.4, 0.5) is 5.69 Å². The highest BCUT2D eigenvalue weighted by Gasteiger charge is 2.37. The van der Waals surface area contributed by atoms with Crippen molar-refractivity contribution < 1.29 is 4.79 Å². The third kappa shape index (κ3) is 2.49. The fourth-order valence-corrected chi connectivity index (χ4v) is 2.68. The number of amides is 1. The van der Waals surface area contributed by atoms with Gasteiger partial charge in [0.2, 0.25) is 5.91 Å². The molecule has 0 aliphatic carbocycles. The largest absolute Gasteiger partial charge is 0.351 e. The molecule has 2 N–H and O–H groups in total. The number of benzene rings is 1. The molecule has 104 valence electrons. The van der Waals surface area contributed by atoms with Crippen molar-refractivity contribution in [3.63, 3.8) is 0 Å². The number of nitrogens with zero attached hydrogens (tertiary/aromatic N) is 2. The Morgan fingerprint density at radius 3 is 2.95 bits per heavy atom. The van der Waals surface area contributed by atoms with Crippen LogP contribution in [0.5, 0.6) is 0 Å². The Kier molecular flexibility index (Phi) is 4.00. The summed E-state index contributed by atoms with van der Waals surface area (Å²) in [5.74, 6) is -0.00778. The summed E-state index contributed by atoms with van der Waals surface area (Å²) in [7, 11) is 0. The number of rotatable bonds is 1. The van der Waals surface area contributed by atoms with Crippen LogP contribution in [-0.2, 0) is 16.8 Å². The number of amidine groups is 1. The number of aliphatic imine (C=N–C) groups is 1. The normalized spacial score (nSPS) is 16.9. The van der Waals surface area contributed by atoms with Crippen LogP contribution < -0.4 is 10.6 Å². The third-order valence-electron chi connectivity index (χ3n) is 3.34. The molecular weight excluding hydrogens is 272 g/mol. The number of nitriles is 1. The van der Waals surface area contributed by atoms with Gasteiger partial charge in [-0.05, 0) is 37.3 Å². The average molecular weight is 288 g/mol. The van der Waals surface area contributed by atoms with E-state index in [4.69, 9.17) is 5.26 Å².